The number of amides is 1. The van der Waals surface area contributed by atoms with Gasteiger partial charge in [-0.25, -0.2) is 20.6 Å². The molecule has 116 valence electrons. The molecule has 0 aliphatic rings. The third-order valence-corrected chi connectivity index (χ3v) is 2.89. The van der Waals surface area contributed by atoms with Gasteiger partial charge in [-0.15, -0.1) is 0 Å². The molecule has 22 heavy (non-hydrogen) atoms. The smallest absolute Gasteiger partial charge is 0.356 e. The van der Waals surface area contributed by atoms with E-state index in [1.165, 1.54) is 32.0 Å². The molecule has 9 nitrogen and oxygen atoms in total. The summed E-state index contributed by atoms with van der Waals surface area (Å²) in [6.45, 7) is 1.24. The van der Waals surface area contributed by atoms with E-state index in [1.807, 2.05) is 0 Å². The summed E-state index contributed by atoms with van der Waals surface area (Å²) < 4.78 is 11.5. The Kier molecular flexibility index (Phi) is 4.37. The summed E-state index contributed by atoms with van der Waals surface area (Å²) in [7, 11) is 3.00. The van der Waals surface area contributed by atoms with E-state index in [0.717, 1.165) is 0 Å². The molecule has 0 bridgehead atoms. The molecule has 0 unspecified atom stereocenters. The topological polar surface area (TPSA) is 113 Å². The van der Waals surface area contributed by atoms with Gasteiger partial charge in [0.1, 0.15) is 6.33 Å². The fourth-order valence-corrected chi connectivity index (χ4v) is 1.74. The van der Waals surface area contributed by atoms with Gasteiger partial charge in [0.2, 0.25) is 5.91 Å². The summed E-state index contributed by atoms with van der Waals surface area (Å²) in [4.78, 5) is 30.8. The van der Waals surface area contributed by atoms with E-state index in [4.69, 9.17) is 15.3 Å². The predicted molar refractivity (Wildman–Crippen MR) is 78.1 cm³/mol. The Hall–Kier alpha value is -2.94. The fourth-order valence-electron chi connectivity index (χ4n) is 1.74. The molecule has 1 aromatic carbocycles. The lowest BCUT2D eigenvalue weighted by molar-refractivity contribution is -0.116. The van der Waals surface area contributed by atoms with Gasteiger partial charge in [-0.3, -0.25) is 9.36 Å². The van der Waals surface area contributed by atoms with Crippen molar-refractivity contribution in [3.8, 4) is 17.2 Å². The molecule has 1 heterocycles. The lowest BCUT2D eigenvalue weighted by atomic mass is 10.2. The lowest BCUT2D eigenvalue weighted by Crippen LogP contribution is -2.39. The average molecular weight is 305 g/mol. The zero-order valence-corrected chi connectivity index (χ0v) is 12.3. The van der Waals surface area contributed by atoms with E-state index in [2.05, 4.69) is 9.97 Å². The predicted octanol–water partition coefficient (Wildman–Crippen LogP) is -0.129. The standard InChI is InChI=1S/C13H15N5O4/c1-8(19)18(14)12-15-7-17(13(20)16-12)9-4-5-10(21-2)11(6-9)22-3/h4-7H,14H2,1-3H3. The minimum Gasteiger partial charge on any atom is -0.493 e. The van der Waals surface area contributed by atoms with Crippen LogP contribution in [0.1, 0.15) is 6.92 Å². The van der Waals surface area contributed by atoms with Gasteiger partial charge in [0.05, 0.1) is 19.9 Å². The second-order valence-corrected chi connectivity index (χ2v) is 4.24. The summed E-state index contributed by atoms with van der Waals surface area (Å²) in [5, 5.41) is 0.695. The second-order valence-electron chi connectivity index (χ2n) is 4.24. The Morgan fingerprint density at radius 1 is 1.27 bits per heavy atom. The first-order chi connectivity index (χ1) is 10.5. The summed E-state index contributed by atoms with van der Waals surface area (Å²) in [5.41, 5.74) is -0.144. The Balaban J connectivity index is 2.46. The summed E-state index contributed by atoms with van der Waals surface area (Å²) in [6, 6.07) is 4.91. The quantitative estimate of drug-likeness (QED) is 0.475. The molecule has 0 radical (unpaired) electrons. The molecule has 2 aromatic rings. The summed E-state index contributed by atoms with van der Waals surface area (Å²) in [5.74, 6) is 5.79. The Morgan fingerprint density at radius 3 is 2.50 bits per heavy atom. The maximum Gasteiger partial charge on any atom is 0.356 e. The van der Waals surface area contributed by atoms with Gasteiger partial charge in [-0.2, -0.15) is 4.98 Å². The molecular formula is C13H15N5O4. The van der Waals surface area contributed by atoms with Crippen LogP contribution >= 0.6 is 0 Å². The van der Waals surface area contributed by atoms with Crippen molar-refractivity contribution < 1.29 is 14.3 Å². The number of carbonyl (C=O) groups is 1. The minimum atomic E-state index is -0.631. The van der Waals surface area contributed by atoms with Crippen molar-refractivity contribution in [2.75, 3.05) is 19.2 Å². The van der Waals surface area contributed by atoms with Crippen molar-refractivity contribution >= 4 is 11.9 Å². The van der Waals surface area contributed by atoms with Gasteiger partial charge in [-0.05, 0) is 12.1 Å². The highest BCUT2D eigenvalue weighted by Gasteiger charge is 2.13. The number of ether oxygens (including phenoxy) is 2. The maximum atomic E-state index is 12.1. The number of nitrogens with zero attached hydrogens (tertiary/aromatic N) is 4. The van der Waals surface area contributed by atoms with Gasteiger partial charge >= 0.3 is 5.69 Å². The number of anilines is 1. The third kappa shape index (κ3) is 2.88. The number of rotatable bonds is 4. The minimum absolute atomic E-state index is 0.172. The van der Waals surface area contributed by atoms with Crippen molar-refractivity contribution in [2.45, 2.75) is 6.92 Å². The molecule has 1 aromatic heterocycles. The van der Waals surface area contributed by atoms with Crippen LogP contribution in [-0.4, -0.2) is 34.7 Å². The van der Waals surface area contributed by atoms with E-state index < -0.39 is 11.6 Å². The van der Waals surface area contributed by atoms with Gasteiger partial charge in [-0.1, -0.05) is 0 Å². The molecule has 0 atom stereocenters. The highest BCUT2D eigenvalue weighted by molar-refractivity contribution is 5.88. The Morgan fingerprint density at radius 2 is 1.95 bits per heavy atom. The van der Waals surface area contributed by atoms with Crippen molar-refractivity contribution in [1.29, 1.82) is 0 Å². The number of hydrogen-bond donors (Lipinski definition) is 1. The van der Waals surface area contributed by atoms with Crippen LogP contribution in [0.2, 0.25) is 0 Å². The SMILES string of the molecule is COc1ccc(-n2cnc(N(N)C(C)=O)nc2=O)cc1OC. The molecule has 9 heteroatoms. The molecule has 0 fully saturated rings. The first-order valence-corrected chi connectivity index (χ1v) is 6.21. The molecule has 0 aliphatic carbocycles. The lowest BCUT2D eigenvalue weighted by Gasteiger charge is -2.13. The van der Waals surface area contributed by atoms with Crippen LogP contribution in [0.25, 0.3) is 5.69 Å². The molecular weight excluding hydrogens is 290 g/mol. The summed E-state index contributed by atoms with van der Waals surface area (Å²) >= 11 is 0. The van der Waals surface area contributed by atoms with Crippen molar-refractivity contribution in [3.63, 3.8) is 0 Å². The number of methoxy groups -OCH3 is 2. The monoisotopic (exact) mass is 305 g/mol. The molecule has 0 aliphatic heterocycles. The zero-order chi connectivity index (χ0) is 16.3. The van der Waals surface area contributed by atoms with Crippen LogP contribution in [0, 0.1) is 0 Å². The fraction of sp³-hybridized carbons (Fsp3) is 0.231. The number of aromatic nitrogens is 3. The van der Waals surface area contributed by atoms with Crippen LogP contribution in [0.15, 0.2) is 29.3 Å². The summed E-state index contributed by atoms with van der Waals surface area (Å²) in [6.07, 6.45) is 1.23. The Bertz CT molecular complexity index is 758. The Labute approximate surface area is 125 Å². The number of hydrogen-bond acceptors (Lipinski definition) is 7. The number of carbonyl (C=O) groups excluding carboxylic acids is 1. The molecule has 0 spiro atoms. The highest BCUT2D eigenvalue weighted by Crippen LogP contribution is 2.28. The van der Waals surface area contributed by atoms with Crippen LogP contribution < -0.4 is 26.0 Å². The first-order valence-electron chi connectivity index (χ1n) is 6.21. The van der Waals surface area contributed by atoms with Crippen LogP contribution in [0.4, 0.5) is 5.95 Å². The van der Waals surface area contributed by atoms with E-state index in [0.29, 0.717) is 22.2 Å². The van der Waals surface area contributed by atoms with E-state index in [9.17, 15) is 9.59 Å². The van der Waals surface area contributed by atoms with Crippen molar-refractivity contribution in [2.24, 2.45) is 5.84 Å². The van der Waals surface area contributed by atoms with Gasteiger partial charge in [0.25, 0.3) is 5.95 Å². The van der Waals surface area contributed by atoms with Crippen LogP contribution in [-0.2, 0) is 4.79 Å². The second kappa shape index (κ2) is 6.22. The van der Waals surface area contributed by atoms with Gasteiger partial charge < -0.3 is 9.47 Å². The molecule has 1 amide bonds. The third-order valence-electron chi connectivity index (χ3n) is 2.89. The van der Waals surface area contributed by atoms with Crippen LogP contribution in [0.3, 0.4) is 0 Å². The largest absolute Gasteiger partial charge is 0.493 e. The molecule has 0 saturated heterocycles. The molecule has 0 saturated carbocycles. The van der Waals surface area contributed by atoms with Crippen molar-refractivity contribution in [1.82, 2.24) is 14.5 Å². The van der Waals surface area contributed by atoms with E-state index in [-0.39, 0.29) is 5.95 Å². The number of benzene rings is 1. The van der Waals surface area contributed by atoms with Crippen molar-refractivity contribution in [3.05, 3.63) is 35.0 Å². The highest BCUT2D eigenvalue weighted by atomic mass is 16.5. The first kappa shape index (κ1) is 15.4. The molecule has 2 rings (SSSR count). The van der Waals surface area contributed by atoms with E-state index >= 15 is 0 Å². The maximum absolute atomic E-state index is 12.1. The zero-order valence-electron chi connectivity index (χ0n) is 12.3. The average Bonchev–Trinajstić information content (AvgIpc) is 2.53. The van der Waals surface area contributed by atoms with Gasteiger partial charge in [0.15, 0.2) is 11.5 Å². The number of nitrogens with two attached hydrogens (primary N) is 1. The van der Waals surface area contributed by atoms with Crippen LogP contribution in [0.5, 0.6) is 11.5 Å². The molecule has 2 N–H and O–H groups in total. The van der Waals surface area contributed by atoms with Gasteiger partial charge in [0, 0.05) is 13.0 Å². The normalized spacial score (nSPS) is 10.2. The van der Waals surface area contributed by atoms with E-state index in [1.54, 1.807) is 18.2 Å². The number of hydrazine groups is 1.